The minimum atomic E-state index is 0.609. The van der Waals surface area contributed by atoms with Gasteiger partial charge in [0.05, 0.1) is 0 Å². The van der Waals surface area contributed by atoms with Crippen LogP contribution in [-0.4, -0.2) is 45.6 Å². The molecule has 0 spiro atoms. The molecule has 9 heteroatoms. The Morgan fingerprint density at radius 1 is 0.415 bits per heavy atom. The van der Waals surface area contributed by atoms with E-state index in [9.17, 15) is 0 Å². The molecule has 0 aliphatic carbocycles. The highest BCUT2D eigenvalue weighted by Crippen LogP contribution is 2.38. The van der Waals surface area contributed by atoms with Gasteiger partial charge in [-0.05, 0) is 18.2 Å². The fraction of sp³-hybridized carbons (Fsp3) is 0.273. The third kappa shape index (κ3) is 6.59. The van der Waals surface area contributed by atoms with Gasteiger partial charge >= 0.3 is 0 Å². The van der Waals surface area contributed by atoms with Crippen molar-refractivity contribution in [1.82, 2.24) is 39.9 Å². The van der Waals surface area contributed by atoms with Crippen LogP contribution in [0.15, 0.2) is 95.9 Å². The molecule has 7 aromatic rings. The molecular formula is C44H42N8S. The van der Waals surface area contributed by atoms with Gasteiger partial charge in [-0.25, -0.2) is 29.9 Å². The Labute approximate surface area is 313 Å². The van der Waals surface area contributed by atoms with Crippen LogP contribution in [0.3, 0.4) is 0 Å². The smallest absolute Gasteiger partial charge is 0.164 e. The molecule has 8 bridgehead atoms. The minimum Gasteiger partial charge on any atom is -0.324 e. The number of thioether (sulfide) groups is 1. The lowest BCUT2D eigenvalue weighted by atomic mass is 10.1. The van der Waals surface area contributed by atoms with Gasteiger partial charge in [0.25, 0.3) is 0 Å². The summed E-state index contributed by atoms with van der Waals surface area (Å²) in [6.07, 6.45) is 13.3. The molecule has 0 fully saturated rings. The van der Waals surface area contributed by atoms with E-state index in [0.717, 1.165) is 60.8 Å². The topological polar surface area (TPSA) is 109 Å². The number of nitrogens with zero attached hydrogens (tertiary/aromatic N) is 6. The molecule has 0 saturated carbocycles. The molecule has 2 N–H and O–H groups in total. The van der Waals surface area contributed by atoms with E-state index in [4.69, 9.17) is 29.9 Å². The van der Waals surface area contributed by atoms with Crippen LogP contribution >= 0.6 is 11.8 Å². The highest BCUT2D eigenvalue weighted by molar-refractivity contribution is 7.99. The average Bonchev–Trinajstić information content (AvgIpc) is 3.93. The number of hydrogen-bond acceptors (Lipinski definition) is 7. The van der Waals surface area contributed by atoms with Gasteiger partial charge in [0, 0.05) is 48.7 Å². The van der Waals surface area contributed by atoms with Crippen molar-refractivity contribution in [3.05, 3.63) is 91.0 Å². The minimum absolute atomic E-state index is 0.609. The number of hydrogen-bond donors (Lipinski definition) is 2. The normalized spacial score (nSPS) is 12.0. The zero-order chi connectivity index (χ0) is 35.6. The molecule has 8 nitrogen and oxygen atoms in total. The monoisotopic (exact) mass is 714 g/mol. The molecule has 0 unspecified atom stereocenters. The third-order valence-corrected chi connectivity index (χ3v) is 11.4. The molecule has 2 aliphatic heterocycles. The van der Waals surface area contributed by atoms with Gasteiger partial charge in [-0.2, -0.15) is 0 Å². The molecule has 0 radical (unpaired) electrons. The summed E-state index contributed by atoms with van der Waals surface area (Å²) in [6.45, 7) is 2.28. The van der Waals surface area contributed by atoms with Crippen LogP contribution in [0, 0.1) is 0 Å². The summed E-state index contributed by atoms with van der Waals surface area (Å²) < 4.78 is 0. The Hall–Kier alpha value is -5.41. The van der Waals surface area contributed by atoms with Crippen molar-refractivity contribution in [3.63, 3.8) is 0 Å². The van der Waals surface area contributed by atoms with Crippen LogP contribution in [0.2, 0.25) is 0 Å². The van der Waals surface area contributed by atoms with Crippen molar-refractivity contribution >= 4 is 55.9 Å². The number of aromatic amines is 2. The van der Waals surface area contributed by atoms with Crippen molar-refractivity contribution < 1.29 is 0 Å². The van der Waals surface area contributed by atoms with Gasteiger partial charge < -0.3 is 9.97 Å². The Kier molecular flexibility index (Phi) is 9.40. The van der Waals surface area contributed by atoms with Crippen LogP contribution < -0.4 is 0 Å². The Bertz CT molecular complexity index is 2620. The number of nitrogens with one attached hydrogen (secondary N) is 2. The van der Waals surface area contributed by atoms with Gasteiger partial charge in [-0.3, -0.25) is 0 Å². The SMILES string of the molecule is CCCCCCCCCCCCSc1cccc2c3nc4nc(nc5[nH]c(nc6nc(nc([nH]3)c12)-c1ccccc1-6)c1ccccc51)-c1ccccc1-4. The van der Waals surface area contributed by atoms with E-state index in [1.54, 1.807) is 0 Å². The predicted molar refractivity (Wildman–Crippen MR) is 219 cm³/mol. The first kappa shape index (κ1) is 33.4. The lowest BCUT2D eigenvalue weighted by molar-refractivity contribution is 0.563. The highest BCUT2D eigenvalue weighted by Gasteiger charge is 2.22. The first-order chi connectivity index (χ1) is 26.2. The largest absolute Gasteiger partial charge is 0.324 e. The summed E-state index contributed by atoms with van der Waals surface area (Å²) in [4.78, 5) is 39.1. The molecular weight excluding hydrogens is 673 g/mol. The zero-order valence-electron chi connectivity index (χ0n) is 30.0. The van der Waals surface area contributed by atoms with Crippen molar-refractivity contribution in [2.24, 2.45) is 0 Å². The van der Waals surface area contributed by atoms with E-state index in [2.05, 4.69) is 71.5 Å². The first-order valence-electron chi connectivity index (χ1n) is 19.1. The molecule has 0 amide bonds. The van der Waals surface area contributed by atoms with E-state index in [1.165, 1.54) is 69.1 Å². The Balaban J connectivity index is 1.17. The summed E-state index contributed by atoms with van der Waals surface area (Å²) in [7, 11) is 0. The highest BCUT2D eigenvalue weighted by atomic mass is 32.2. The summed E-state index contributed by atoms with van der Waals surface area (Å²) in [6, 6.07) is 31.0. The van der Waals surface area contributed by atoms with Crippen molar-refractivity contribution in [2.45, 2.75) is 76.0 Å². The second-order valence-electron chi connectivity index (χ2n) is 14.0. The van der Waals surface area contributed by atoms with Gasteiger partial charge in [0.2, 0.25) is 0 Å². The summed E-state index contributed by atoms with van der Waals surface area (Å²) in [5.41, 5.74) is 6.61. The van der Waals surface area contributed by atoms with E-state index in [0.29, 0.717) is 34.6 Å². The molecule has 2 aliphatic rings. The molecule has 9 rings (SSSR count). The Morgan fingerprint density at radius 2 is 0.830 bits per heavy atom. The lowest BCUT2D eigenvalue weighted by Gasteiger charge is -2.05. The van der Waals surface area contributed by atoms with Gasteiger partial charge in [-0.1, -0.05) is 150 Å². The third-order valence-electron chi connectivity index (χ3n) is 10.3. The maximum Gasteiger partial charge on any atom is 0.164 e. The van der Waals surface area contributed by atoms with E-state index >= 15 is 0 Å². The molecule has 264 valence electrons. The van der Waals surface area contributed by atoms with Gasteiger partial charge in [0.15, 0.2) is 23.3 Å². The first-order valence-corrected chi connectivity index (χ1v) is 20.1. The molecule has 0 saturated heterocycles. The van der Waals surface area contributed by atoms with Crippen LogP contribution in [0.4, 0.5) is 0 Å². The summed E-state index contributed by atoms with van der Waals surface area (Å²) >= 11 is 1.90. The summed E-state index contributed by atoms with van der Waals surface area (Å²) in [5.74, 6) is 3.51. The van der Waals surface area contributed by atoms with Crippen LogP contribution in [0.25, 0.3) is 89.7 Å². The molecule has 53 heavy (non-hydrogen) atoms. The fourth-order valence-electron chi connectivity index (χ4n) is 7.55. The number of H-pyrrole nitrogens is 2. The molecule has 5 heterocycles. The lowest BCUT2D eigenvalue weighted by Crippen LogP contribution is -1.85. The molecule has 4 aromatic carbocycles. The number of aromatic nitrogens is 8. The second kappa shape index (κ2) is 14.9. The standard InChI is InChI=1S/C44H42N8S/c1-2-3-4-5-6-7-8-9-10-17-27-53-35-26-18-25-34-36(35)44-51-42-33-24-16-15-23-32(33)40(49-42)47-38-29-20-12-11-19-28(29)37(45-38)46-39-30-21-13-14-22-31(30)41(48-39)50-43(34)52-44/h11-16,18-26H,2-10,17,27H2,1H3,(H2,45,46,47,48,49,50,51,52). The maximum absolute atomic E-state index is 5.27. The average molecular weight is 715 g/mol. The van der Waals surface area contributed by atoms with Crippen LogP contribution in [0.1, 0.15) is 71.1 Å². The van der Waals surface area contributed by atoms with E-state index in [-0.39, 0.29) is 0 Å². The quantitative estimate of drug-likeness (QED) is 0.0957. The van der Waals surface area contributed by atoms with Gasteiger partial charge in [0.1, 0.15) is 22.6 Å². The van der Waals surface area contributed by atoms with Crippen molar-refractivity contribution in [3.8, 4) is 45.6 Å². The number of rotatable bonds is 12. The zero-order valence-corrected chi connectivity index (χ0v) is 30.8. The number of fused-ring (bicyclic) bond motifs is 20. The number of unbranched alkanes of at least 4 members (excludes halogenated alkanes) is 9. The van der Waals surface area contributed by atoms with Crippen LogP contribution in [-0.2, 0) is 0 Å². The molecule has 0 atom stereocenters. The predicted octanol–water partition coefficient (Wildman–Crippen LogP) is 11.9. The van der Waals surface area contributed by atoms with Crippen molar-refractivity contribution in [2.75, 3.05) is 5.75 Å². The van der Waals surface area contributed by atoms with E-state index in [1.807, 2.05) is 48.2 Å². The fourth-order valence-corrected chi connectivity index (χ4v) is 8.64. The van der Waals surface area contributed by atoms with Crippen LogP contribution in [0.5, 0.6) is 0 Å². The van der Waals surface area contributed by atoms with E-state index < -0.39 is 0 Å². The maximum atomic E-state index is 5.27. The molecule has 3 aromatic heterocycles. The number of benzene rings is 4. The van der Waals surface area contributed by atoms with Gasteiger partial charge in [-0.15, -0.1) is 11.8 Å². The summed E-state index contributed by atoms with van der Waals surface area (Å²) in [5, 5.41) is 3.99. The van der Waals surface area contributed by atoms with Crippen molar-refractivity contribution in [1.29, 1.82) is 0 Å². The second-order valence-corrected chi connectivity index (χ2v) is 15.1. The Morgan fingerprint density at radius 3 is 1.36 bits per heavy atom.